The Morgan fingerprint density at radius 3 is 2.75 bits per heavy atom. The molecule has 4 heteroatoms. The Morgan fingerprint density at radius 1 is 1.40 bits per heavy atom. The highest BCUT2D eigenvalue weighted by Crippen LogP contribution is 2.16. The average molecular weight is 282 g/mol. The van der Waals surface area contributed by atoms with Crippen LogP contribution >= 0.6 is 0 Å². The molecule has 0 unspecified atom stereocenters. The summed E-state index contributed by atoms with van der Waals surface area (Å²) in [4.78, 5) is 2.37. The van der Waals surface area contributed by atoms with E-state index in [1.54, 1.807) is 7.11 Å². The van der Waals surface area contributed by atoms with Crippen LogP contribution in [0.4, 0.5) is 0 Å². The van der Waals surface area contributed by atoms with Crippen LogP contribution in [0.1, 0.15) is 37.9 Å². The highest BCUT2D eigenvalue weighted by molar-refractivity contribution is 5.20. The molecule has 1 rings (SSSR count). The van der Waals surface area contributed by atoms with Gasteiger partial charge in [0.2, 0.25) is 0 Å². The molecule has 1 aromatic heterocycles. The third-order valence-electron chi connectivity index (χ3n) is 3.38. The van der Waals surface area contributed by atoms with Crippen molar-refractivity contribution in [3.8, 4) is 0 Å². The van der Waals surface area contributed by atoms with E-state index in [0.29, 0.717) is 5.92 Å². The second-order valence-electron chi connectivity index (χ2n) is 5.68. The van der Waals surface area contributed by atoms with Crippen molar-refractivity contribution < 1.29 is 9.15 Å². The van der Waals surface area contributed by atoms with Crippen molar-refractivity contribution in [3.05, 3.63) is 23.2 Å². The highest BCUT2D eigenvalue weighted by atomic mass is 16.5. The zero-order chi connectivity index (χ0) is 15.0. The molecule has 20 heavy (non-hydrogen) atoms. The molecule has 4 nitrogen and oxygen atoms in total. The summed E-state index contributed by atoms with van der Waals surface area (Å²) < 4.78 is 11.0. The van der Waals surface area contributed by atoms with Crippen LogP contribution in [0.5, 0.6) is 0 Å². The van der Waals surface area contributed by atoms with Gasteiger partial charge in [-0.05, 0) is 32.0 Å². The van der Waals surface area contributed by atoms with Crippen molar-refractivity contribution in [2.75, 3.05) is 33.4 Å². The summed E-state index contributed by atoms with van der Waals surface area (Å²) in [7, 11) is 1.75. The minimum absolute atomic E-state index is 0.662. The molecule has 0 amide bonds. The third kappa shape index (κ3) is 6.07. The minimum Gasteiger partial charge on any atom is -0.465 e. The number of nitrogens with one attached hydrogen (secondary N) is 1. The second kappa shape index (κ2) is 9.16. The van der Waals surface area contributed by atoms with Gasteiger partial charge in [-0.15, -0.1) is 0 Å². The van der Waals surface area contributed by atoms with Crippen LogP contribution in [0.3, 0.4) is 0 Å². The Morgan fingerprint density at radius 2 is 2.15 bits per heavy atom. The molecule has 0 bridgehead atoms. The monoisotopic (exact) mass is 282 g/mol. The maximum absolute atomic E-state index is 5.83. The predicted molar refractivity (Wildman–Crippen MR) is 82.8 cm³/mol. The topological polar surface area (TPSA) is 37.6 Å². The van der Waals surface area contributed by atoms with Gasteiger partial charge in [-0.3, -0.25) is 4.90 Å². The van der Waals surface area contributed by atoms with Crippen molar-refractivity contribution in [2.45, 2.75) is 40.8 Å². The van der Waals surface area contributed by atoms with Gasteiger partial charge in [0, 0.05) is 25.8 Å². The van der Waals surface area contributed by atoms with Crippen molar-refractivity contribution in [1.82, 2.24) is 10.2 Å². The largest absolute Gasteiger partial charge is 0.465 e. The van der Waals surface area contributed by atoms with E-state index in [2.05, 4.69) is 37.1 Å². The average Bonchev–Trinajstić information content (AvgIpc) is 2.74. The maximum atomic E-state index is 5.83. The first kappa shape index (κ1) is 17.2. The van der Waals surface area contributed by atoms with Crippen LogP contribution in [0.15, 0.2) is 10.5 Å². The lowest BCUT2D eigenvalue weighted by Gasteiger charge is -2.19. The van der Waals surface area contributed by atoms with Gasteiger partial charge in [-0.2, -0.15) is 0 Å². The number of likely N-dealkylation sites (N-methyl/N-ethyl adjacent to an activating group) is 1. The van der Waals surface area contributed by atoms with Crippen LogP contribution in [-0.4, -0.2) is 38.3 Å². The summed E-state index contributed by atoms with van der Waals surface area (Å²) in [6, 6.07) is 2.18. The molecule has 0 aliphatic carbocycles. The summed E-state index contributed by atoms with van der Waals surface area (Å²) in [6.07, 6.45) is 0. The molecule has 0 spiro atoms. The lowest BCUT2D eigenvalue weighted by molar-refractivity contribution is 0.147. The first-order chi connectivity index (χ1) is 9.56. The Kier molecular flexibility index (Phi) is 7.88. The van der Waals surface area contributed by atoms with E-state index in [9.17, 15) is 0 Å². The molecule has 0 aromatic carbocycles. The first-order valence-corrected chi connectivity index (χ1v) is 7.57. The quantitative estimate of drug-likeness (QED) is 0.716. The Hall–Kier alpha value is -0.840. The number of rotatable bonds is 10. The van der Waals surface area contributed by atoms with Crippen molar-refractivity contribution in [3.63, 3.8) is 0 Å². The summed E-state index contributed by atoms with van der Waals surface area (Å²) >= 11 is 0. The lowest BCUT2D eigenvalue weighted by Crippen LogP contribution is -2.26. The summed E-state index contributed by atoms with van der Waals surface area (Å²) in [6.45, 7) is 14.1. The summed E-state index contributed by atoms with van der Waals surface area (Å²) in [5, 5.41) is 3.42. The van der Waals surface area contributed by atoms with Crippen LogP contribution in [-0.2, 0) is 17.8 Å². The molecular formula is C16H30N2O2. The second-order valence-corrected chi connectivity index (χ2v) is 5.68. The molecule has 0 aliphatic rings. The molecule has 116 valence electrons. The van der Waals surface area contributed by atoms with Gasteiger partial charge >= 0.3 is 0 Å². The minimum atomic E-state index is 0.662. The fourth-order valence-corrected chi connectivity index (χ4v) is 2.13. The number of aryl methyl sites for hydroxylation is 1. The molecule has 1 heterocycles. The number of ether oxygens (including phenoxy) is 1. The molecular weight excluding hydrogens is 252 g/mol. The highest BCUT2D eigenvalue weighted by Gasteiger charge is 2.11. The van der Waals surface area contributed by atoms with Crippen molar-refractivity contribution in [1.29, 1.82) is 0 Å². The van der Waals surface area contributed by atoms with Gasteiger partial charge in [0.05, 0.1) is 13.2 Å². The maximum Gasteiger partial charge on any atom is 0.118 e. The van der Waals surface area contributed by atoms with E-state index in [1.165, 1.54) is 5.56 Å². The van der Waals surface area contributed by atoms with Gasteiger partial charge in [0.25, 0.3) is 0 Å². The summed E-state index contributed by atoms with van der Waals surface area (Å²) in [5.74, 6) is 2.72. The van der Waals surface area contributed by atoms with E-state index < -0.39 is 0 Å². The van der Waals surface area contributed by atoms with Crippen LogP contribution in [0.25, 0.3) is 0 Å². The molecule has 0 saturated carbocycles. The molecule has 0 fully saturated rings. The fraction of sp³-hybridized carbons (Fsp3) is 0.750. The number of methoxy groups -OCH3 is 1. The van der Waals surface area contributed by atoms with Gasteiger partial charge < -0.3 is 14.5 Å². The van der Waals surface area contributed by atoms with Crippen molar-refractivity contribution >= 4 is 0 Å². The van der Waals surface area contributed by atoms with E-state index in [-0.39, 0.29) is 0 Å². The number of hydrogen-bond acceptors (Lipinski definition) is 4. The van der Waals surface area contributed by atoms with Crippen LogP contribution in [0.2, 0.25) is 0 Å². The normalized spacial score (nSPS) is 11.8. The Balaban J connectivity index is 2.51. The SMILES string of the molecule is CCN(CCOC)Cc1cc(CNCC(C)C)oc1C. The van der Waals surface area contributed by atoms with E-state index in [4.69, 9.17) is 9.15 Å². The Bertz CT molecular complexity index is 375. The number of nitrogens with zero attached hydrogens (tertiary/aromatic N) is 1. The molecule has 1 N–H and O–H groups in total. The van der Waals surface area contributed by atoms with E-state index in [0.717, 1.165) is 50.9 Å². The molecule has 0 saturated heterocycles. The van der Waals surface area contributed by atoms with Crippen molar-refractivity contribution in [2.24, 2.45) is 5.92 Å². The molecule has 0 aliphatic heterocycles. The van der Waals surface area contributed by atoms with Crippen LogP contribution in [0, 0.1) is 12.8 Å². The third-order valence-corrected chi connectivity index (χ3v) is 3.38. The standard InChI is InChI=1S/C16H30N2O2/c1-6-18(7-8-19-5)12-15-9-16(20-14(15)4)11-17-10-13(2)3/h9,13,17H,6-8,10-12H2,1-5H3. The zero-order valence-electron chi connectivity index (χ0n) is 13.7. The van der Waals surface area contributed by atoms with E-state index >= 15 is 0 Å². The van der Waals surface area contributed by atoms with Gasteiger partial charge in [0.1, 0.15) is 11.5 Å². The van der Waals surface area contributed by atoms with Gasteiger partial charge in [0.15, 0.2) is 0 Å². The first-order valence-electron chi connectivity index (χ1n) is 7.57. The van der Waals surface area contributed by atoms with Crippen LogP contribution < -0.4 is 5.32 Å². The number of hydrogen-bond donors (Lipinski definition) is 1. The lowest BCUT2D eigenvalue weighted by atomic mass is 10.2. The molecule has 1 aromatic rings. The molecule has 0 radical (unpaired) electrons. The van der Waals surface area contributed by atoms with Gasteiger partial charge in [-0.25, -0.2) is 0 Å². The smallest absolute Gasteiger partial charge is 0.118 e. The van der Waals surface area contributed by atoms with E-state index in [1.807, 2.05) is 6.92 Å². The molecule has 0 atom stereocenters. The number of furan rings is 1. The fourth-order valence-electron chi connectivity index (χ4n) is 2.13. The predicted octanol–water partition coefficient (Wildman–Crippen LogP) is 2.80. The van der Waals surface area contributed by atoms with Gasteiger partial charge in [-0.1, -0.05) is 20.8 Å². The Labute approximate surface area is 123 Å². The zero-order valence-corrected chi connectivity index (χ0v) is 13.7. The summed E-state index contributed by atoms with van der Waals surface area (Å²) in [5.41, 5.74) is 1.28.